The van der Waals surface area contributed by atoms with Crippen LogP contribution in [-0.2, 0) is 6.54 Å². The summed E-state index contributed by atoms with van der Waals surface area (Å²) in [6, 6.07) is 8.49. The molecule has 0 aliphatic rings. The van der Waals surface area contributed by atoms with E-state index in [2.05, 4.69) is 51.3 Å². The van der Waals surface area contributed by atoms with Crippen molar-refractivity contribution in [3.63, 3.8) is 0 Å². The summed E-state index contributed by atoms with van der Waals surface area (Å²) in [5, 5.41) is 0. The number of aryl methyl sites for hydroxylation is 1. The van der Waals surface area contributed by atoms with Gasteiger partial charge in [0.05, 0.1) is 0 Å². The Hall–Kier alpha value is -0.371. The van der Waals surface area contributed by atoms with Crippen molar-refractivity contribution in [1.82, 2.24) is 4.57 Å². The second-order valence-corrected chi connectivity index (χ2v) is 5.01. The van der Waals surface area contributed by atoms with Crippen molar-refractivity contribution < 1.29 is 0 Å². The van der Waals surface area contributed by atoms with Gasteiger partial charge in [0.15, 0.2) is 0 Å². The minimum absolute atomic E-state index is 1.03. The van der Waals surface area contributed by atoms with Gasteiger partial charge in [-0.15, -0.1) is 0 Å². The van der Waals surface area contributed by atoms with Gasteiger partial charge in [-0.25, -0.2) is 0 Å². The first-order valence-electron chi connectivity index (χ1n) is 3.91. The zero-order valence-electron chi connectivity index (χ0n) is 6.78. The molecule has 0 unspecified atom stereocenters. The molecule has 0 radical (unpaired) electrons. The van der Waals surface area contributed by atoms with E-state index in [9.17, 15) is 0 Å². The van der Waals surface area contributed by atoms with Gasteiger partial charge in [0.2, 0.25) is 0 Å². The molecule has 62 valence electrons. The summed E-state index contributed by atoms with van der Waals surface area (Å²) in [6.07, 6.45) is 0. The number of fused-ring (bicyclic) bond motifs is 1. The van der Waals surface area contributed by atoms with Gasteiger partial charge in [0.1, 0.15) is 0 Å². The van der Waals surface area contributed by atoms with Crippen molar-refractivity contribution in [3.05, 3.63) is 27.8 Å². The molecular weight excluding hydrogens is 233 g/mol. The Morgan fingerprint density at radius 2 is 2.17 bits per heavy atom. The Kier molecular flexibility index (Phi) is 2.18. The second-order valence-electron chi connectivity index (χ2n) is 2.58. The van der Waals surface area contributed by atoms with Crippen LogP contribution in [0.1, 0.15) is 6.92 Å². The topological polar surface area (TPSA) is 4.93 Å². The van der Waals surface area contributed by atoms with Gasteiger partial charge in [-0.3, -0.25) is 0 Å². The SMILES string of the molecule is CCn1c(=[Se])sc2ccccc21. The van der Waals surface area contributed by atoms with Gasteiger partial charge in [-0.1, -0.05) is 0 Å². The van der Waals surface area contributed by atoms with Crippen LogP contribution in [-0.4, -0.2) is 20.1 Å². The number of para-hydroxylation sites is 1. The van der Waals surface area contributed by atoms with Gasteiger partial charge in [-0.2, -0.15) is 0 Å². The Labute approximate surface area is 83.0 Å². The van der Waals surface area contributed by atoms with E-state index >= 15 is 0 Å². The molecule has 0 aliphatic carbocycles. The first-order chi connectivity index (χ1) is 5.83. The summed E-state index contributed by atoms with van der Waals surface area (Å²) < 4.78 is 4.91. The number of hydrogen-bond acceptors (Lipinski definition) is 1. The van der Waals surface area contributed by atoms with Crippen LogP contribution in [0.2, 0.25) is 0 Å². The molecule has 12 heavy (non-hydrogen) atoms. The maximum absolute atomic E-state index is 3.09. The third kappa shape index (κ3) is 1.18. The summed E-state index contributed by atoms with van der Waals surface area (Å²) in [7, 11) is 0. The van der Waals surface area contributed by atoms with Crippen LogP contribution in [0.4, 0.5) is 0 Å². The molecule has 0 saturated carbocycles. The van der Waals surface area contributed by atoms with Gasteiger partial charge < -0.3 is 0 Å². The fraction of sp³-hybridized carbons (Fsp3) is 0.222. The summed E-state index contributed by atoms with van der Waals surface area (Å²) in [5.41, 5.74) is 1.33. The van der Waals surface area contributed by atoms with Crippen molar-refractivity contribution in [2.75, 3.05) is 0 Å². The van der Waals surface area contributed by atoms with Crippen LogP contribution in [0.25, 0.3) is 10.2 Å². The van der Waals surface area contributed by atoms with E-state index in [-0.39, 0.29) is 0 Å². The van der Waals surface area contributed by atoms with Gasteiger partial charge in [0, 0.05) is 0 Å². The van der Waals surface area contributed by atoms with E-state index in [0.29, 0.717) is 0 Å². The molecule has 1 aromatic carbocycles. The molecule has 0 N–H and O–H groups in total. The van der Waals surface area contributed by atoms with Crippen molar-refractivity contribution in [2.24, 2.45) is 0 Å². The van der Waals surface area contributed by atoms with Crippen LogP contribution in [0.15, 0.2) is 24.3 Å². The molecule has 0 saturated heterocycles. The fourth-order valence-corrected chi connectivity index (χ4v) is 3.31. The van der Waals surface area contributed by atoms with Crippen LogP contribution >= 0.6 is 11.3 Å². The molecule has 1 aromatic heterocycles. The monoisotopic (exact) mass is 243 g/mol. The van der Waals surface area contributed by atoms with E-state index in [4.69, 9.17) is 0 Å². The first-order valence-corrected chi connectivity index (χ1v) is 5.58. The quantitative estimate of drug-likeness (QED) is 0.677. The van der Waals surface area contributed by atoms with Crippen molar-refractivity contribution >= 4 is 37.1 Å². The predicted octanol–water partition coefficient (Wildman–Crippen LogP) is 2.42. The third-order valence-corrected chi connectivity index (χ3v) is 3.84. The molecule has 1 nitrogen and oxygen atoms in total. The molecule has 0 atom stereocenters. The van der Waals surface area contributed by atoms with Crippen molar-refractivity contribution in [2.45, 2.75) is 13.5 Å². The van der Waals surface area contributed by atoms with E-state index < -0.39 is 0 Å². The molecular formula is C9H9NSSe. The predicted molar refractivity (Wildman–Crippen MR) is 54.5 cm³/mol. The fourth-order valence-electron chi connectivity index (χ4n) is 1.31. The summed E-state index contributed by atoms with van der Waals surface area (Å²) >= 11 is 4.90. The van der Waals surface area contributed by atoms with Crippen molar-refractivity contribution in [1.29, 1.82) is 0 Å². The minimum atomic E-state index is 1.03. The van der Waals surface area contributed by atoms with Gasteiger partial charge >= 0.3 is 82.9 Å². The summed E-state index contributed by atoms with van der Waals surface area (Å²) in [4.78, 5) is 0. The Bertz CT molecular complexity index is 455. The number of hydrogen-bond donors (Lipinski definition) is 0. The summed E-state index contributed by atoms with van der Waals surface area (Å²) in [6.45, 7) is 3.20. The molecule has 0 aliphatic heterocycles. The Morgan fingerprint density at radius 3 is 2.92 bits per heavy atom. The standard InChI is InChI=1S/C9H9NSSe/c1-2-10-7-5-3-4-6-8(7)11-9(10)12/h3-6H,2H2,1H3. The van der Waals surface area contributed by atoms with E-state index in [1.165, 1.54) is 13.7 Å². The van der Waals surface area contributed by atoms with E-state index in [1.54, 1.807) is 0 Å². The summed E-state index contributed by atoms with van der Waals surface area (Å²) in [5.74, 6) is 0. The van der Waals surface area contributed by atoms with Crippen LogP contribution in [0.5, 0.6) is 0 Å². The second kappa shape index (κ2) is 3.17. The number of rotatable bonds is 1. The van der Waals surface area contributed by atoms with E-state index in [1.807, 2.05) is 11.3 Å². The van der Waals surface area contributed by atoms with Gasteiger partial charge in [0.25, 0.3) is 0 Å². The van der Waals surface area contributed by atoms with Crippen LogP contribution in [0.3, 0.4) is 0 Å². The van der Waals surface area contributed by atoms with Gasteiger partial charge in [-0.05, 0) is 0 Å². The molecule has 2 aromatic rings. The number of nitrogens with zero attached hydrogens (tertiary/aromatic N) is 1. The Morgan fingerprint density at radius 1 is 1.42 bits per heavy atom. The van der Waals surface area contributed by atoms with Crippen molar-refractivity contribution in [3.8, 4) is 0 Å². The molecule has 1 heterocycles. The normalized spacial score (nSPS) is 10.8. The molecule has 3 heteroatoms. The number of benzene rings is 1. The van der Waals surface area contributed by atoms with Crippen LogP contribution < -0.4 is 0 Å². The first kappa shape index (κ1) is 8.24. The average Bonchev–Trinajstić information content (AvgIpc) is 2.40. The molecule has 0 bridgehead atoms. The average molecular weight is 242 g/mol. The third-order valence-electron chi connectivity index (χ3n) is 1.89. The maximum atomic E-state index is 3.09. The van der Waals surface area contributed by atoms with Crippen LogP contribution in [0, 0.1) is 3.51 Å². The van der Waals surface area contributed by atoms with E-state index in [0.717, 1.165) is 6.54 Å². The molecule has 2 rings (SSSR count). The number of thiazole rings is 1. The zero-order chi connectivity index (χ0) is 8.55. The molecule has 0 fully saturated rings. The Balaban J connectivity index is 2.91. The number of aromatic nitrogens is 1. The zero-order valence-corrected chi connectivity index (χ0v) is 9.31. The molecule has 0 spiro atoms. The molecule has 0 amide bonds.